The standard InChI is InChI=1S/C15H12BrClN2O2/c16-11-6-7-12(17)13(8-11)19-14(20)9-18-15(21)10-4-2-1-3-5-10/h1-8H,9H2,(H,18,21)(H,19,20). The monoisotopic (exact) mass is 366 g/mol. The number of halogens is 2. The zero-order chi connectivity index (χ0) is 15.2. The van der Waals surface area contributed by atoms with Crippen LogP contribution < -0.4 is 10.6 Å². The van der Waals surface area contributed by atoms with Crippen molar-refractivity contribution < 1.29 is 9.59 Å². The summed E-state index contributed by atoms with van der Waals surface area (Å²) in [7, 11) is 0. The molecule has 0 atom stereocenters. The van der Waals surface area contributed by atoms with Crippen LogP contribution in [-0.2, 0) is 4.79 Å². The minimum Gasteiger partial charge on any atom is -0.343 e. The number of nitrogens with one attached hydrogen (secondary N) is 2. The molecule has 2 aromatic carbocycles. The van der Waals surface area contributed by atoms with Gasteiger partial charge < -0.3 is 10.6 Å². The fraction of sp³-hybridized carbons (Fsp3) is 0.0667. The number of benzene rings is 2. The average Bonchev–Trinajstić information content (AvgIpc) is 2.49. The number of carbonyl (C=O) groups excluding carboxylic acids is 2. The fourth-order valence-electron chi connectivity index (χ4n) is 1.64. The van der Waals surface area contributed by atoms with Crippen molar-refractivity contribution >= 4 is 45.0 Å². The second-order valence-electron chi connectivity index (χ2n) is 4.22. The van der Waals surface area contributed by atoms with Gasteiger partial charge >= 0.3 is 0 Å². The molecule has 4 nitrogen and oxygen atoms in total. The molecule has 0 radical (unpaired) electrons. The third-order valence-electron chi connectivity index (χ3n) is 2.65. The summed E-state index contributed by atoms with van der Waals surface area (Å²) < 4.78 is 0.801. The van der Waals surface area contributed by atoms with Crippen molar-refractivity contribution in [2.75, 3.05) is 11.9 Å². The first-order chi connectivity index (χ1) is 10.1. The maximum atomic E-state index is 11.8. The second kappa shape index (κ2) is 7.24. The van der Waals surface area contributed by atoms with E-state index < -0.39 is 0 Å². The van der Waals surface area contributed by atoms with Gasteiger partial charge in [0.05, 0.1) is 17.3 Å². The Morgan fingerprint density at radius 3 is 2.52 bits per heavy atom. The van der Waals surface area contributed by atoms with E-state index in [0.717, 1.165) is 4.47 Å². The van der Waals surface area contributed by atoms with Gasteiger partial charge in [0.2, 0.25) is 5.91 Å². The molecule has 108 valence electrons. The summed E-state index contributed by atoms with van der Waals surface area (Å²) in [6.07, 6.45) is 0. The summed E-state index contributed by atoms with van der Waals surface area (Å²) in [5.41, 5.74) is 0.996. The third-order valence-corrected chi connectivity index (χ3v) is 3.47. The van der Waals surface area contributed by atoms with Gasteiger partial charge in [0, 0.05) is 10.0 Å². The zero-order valence-corrected chi connectivity index (χ0v) is 13.2. The lowest BCUT2D eigenvalue weighted by atomic mass is 10.2. The zero-order valence-electron chi connectivity index (χ0n) is 10.9. The van der Waals surface area contributed by atoms with Gasteiger partial charge in [-0.2, -0.15) is 0 Å². The second-order valence-corrected chi connectivity index (χ2v) is 5.54. The summed E-state index contributed by atoms with van der Waals surface area (Å²) in [5, 5.41) is 5.62. The molecular formula is C15H12BrClN2O2. The van der Waals surface area contributed by atoms with Crippen molar-refractivity contribution in [3.63, 3.8) is 0 Å². The van der Waals surface area contributed by atoms with Crippen LogP contribution >= 0.6 is 27.5 Å². The van der Waals surface area contributed by atoms with Crippen LogP contribution in [0.4, 0.5) is 5.69 Å². The number of hydrogen-bond donors (Lipinski definition) is 2. The van der Waals surface area contributed by atoms with E-state index in [1.165, 1.54) is 0 Å². The van der Waals surface area contributed by atoms with Crippen molar-refractivity contribution in [3.8, 4) is 0 Å². The van der Waals surface area contributed by atoms with Gasteiger partial charge in [0.15, 0.2) is 0 Å². The molecule has 0 heterocycles. The average molecular weight is 368 g/mol. The van der Waals surface area contributed by atoms with Gasteiger partial charge in [-0.15, -0.1) is 0 Å². The normalized spacial score (nSPS) is 10.0. The SMILES string of the molecule is O=C(CNC(=O)c1ccccc1)Nc1cc(Br)ccc1Cl. The maximum Gasteiger partial charge on any atom is 0.251 e. The minimum absolute atomic E-state index is 0.128. The van der Waals surface area contributed by atoms with E-state index in [4.69, 9.17) is 11.6 Å². The molecule has 0 saturated carbocycles. The Bertz CT molecular complexity index is 662. The summed E-state index contributed by atoms with van der Waals surface area (Å²) in [6.45, 7) is -0.128. The van der Waals surface area contributed by atoms with Gasteiger partial charge in [0.1, 0.15) is 0 Å². The van der Waals surface area contributed by atoms with Crippen LogP contribution in [0.1, 0.15) is 10.4 Å². The molecule has 6 heteroatoms. The molecule has 2 aromatic rings. The van der Waals surface area contributed by atoms with Gasteiger partial charge in [-0.3, -0.25) is 9.59 Å². The first-order valence-electron chi connectivity index (χ1n) is 6.14. The van der Waals surface area contributed by atoms with E-state index in [9.17, 15) is 9.59 Å². The van der Waals surface area contributed by atoms with Crippen molar-refractivity contribution in [3.05, 3.63) is 63.6 Å². The van der Waals surface area contributed by atoms with E-state index in [1.54, 1.807) is 42.5 Å². The Morgan fingerprint density at radius 1 is 1.10 bits per heavy atom. The van der Waals surface area contributed by atoms with Crippen LogP contribution in [0, 0.1) is 0 Å². The Kier molecular flexibility index (Phi) is 5.36. The molecule has 0 aliphatic rings. The highest BCUT2D eigenvalue weighted by Gasteiger charge is 2.09. The van der Waals surface area contributed by atoms with Crippen molar-refractivity contribution in [2.45, 2.75) is 0 Å². The van der Waals surface area contributed by atoms with Crippen LogP contribution in [0.5, 0.6) is 0 Å². The Balaban J connectivity index is 1.91. The molecule has 0 saturated heterocycles. The predicted octanol–water partition coefficient (Wildman–Crippen LogP) is 3.47. The van der Waals surface area contributed by atoms with E-state index in [2.05, 4.69) is 26.6 Å². The Labute approximate surface area is 135 Å². The number of anilines is 1. The fourth-order valence-corrected chi connectivity index (χ4v) is 2.17. The van der Waals surface area contributed by atoms with E-state index in [0.29, 0.717) is 16.3 Å². The predicted molar refractivity (Wildman–Crippen MR) is 86.6 cm³/mol. The minimum atomic E-state index is -0.348. The molecule has 0 aliphatic carbocycles. The van der Waals surface area contributed by atoms with Crippen LogP contribution in [0.25, 0.3) is 0 Å². The van der Waals surface area contributed by atoms with Crippen LogP contribution in [0.2, 0.25) is 5.02 Å². The van der Waals surface area contributed by atoms with Crippen LogP contribution in [0.15, 0.2) is 53.0 Å². The maximum absolute atomic E-state index is 11.8. The topological polar surface area (TPSA) is 58.2 Å². The molecule has 21 heavy (non-hydrogen) atoms. The molecule has 0 aliphatic heterocycles. The van der Waals surface area contributed by atoms with Crippen molar-refractivity contribution in [1.29, 1.82) is 0 Å². The molecule has 2 amide bonds. The summed E-state index contributed by atoms with van der Waals surface area (Å²) in [4.78, 5) is 23.6. The molecule has 0 bridgehead atoms. The smallest absolute Gasteiger partial charge is 0.251 e. The lowest BCUT2D eigenvalue weighted by molar-refractivity contribution is -0.115. The number of hydrogen-bond acceptors (Lipinski definition) is 2. The first-order valence-corrected chi connectivity index (χ1v) is 7.31. The summed E-state index contributed by atoms with van der Waals surface area (Å²) in [6, 6.07) is 13.8. The Morgan fingerprint density at radius 2 is 1.81 bits per heavy atom. The van der Waals surface area contributed by atoms with E-state index in [1.807, 2.05) is 6.07 Å². The third kappa shape index (κ3) is 4.58. The summed E-state index contributed by atoms with van der Waals surface area (Å²) in [5.74, 6) is -0.648. The molecule has 0 aromatic heterocycles. The van der Waals surface area contributed by atoms with Gasteiger partial charge in [0.25, 0.3) is 5.91 Å². The number of amides is 2. The molecule has 0 unspecified atom stereocenters. The number of carbonyl (C=O) groups is 2. The van der Waals surface area contributed by atoms with Gasteiger partial charge in [-0.05, 0) is 30.3 Å². The first kappa shape index (κ1) is 15.5. The molecular weight excluding hydrogens is 356 g/mol. The quantitative estimate of drug-likeness (QED) is 0.869. The van der Waals surface area contributed by atoms with Crippen molar-refractivity contribution in [2.24, 2.45) is 0 Å². The van der Waals surface area contributed by atoms with Gasteiger partial charge in [-0.25, -0.2) is 0 Å². The Hall–Kier alpha value is -1.85. The lowest BCUT2D eigenvalue weighted by Gasteiger charge is -2.09. The largest absolute Gasteiger partial charge is 0.343 e. The molecule has 2 N–H and O–H groups in total. The summed E-state index contributed by atoms with van der Waals surface area (Å²) >= 11 is 9.28. The molecule has 0 spiro atoms. The van der Waals surface area contributed by atoms with Gasteiger partial charge in [-0.1, -0.05) is 45.7 Å². The van der Waals surface area contributed by atoms with Crippen LogP contribution in [-0.4, -0.2) is 18.4 Å². The highest BCUT2D eigenvalue weighted by molar-refractivity contribution is 9.10. The van der Waals surface area contributed by atoms with Crippen LogP contribution in [0.3, 0.4) is 0 Å². The number of rotatable bonds is 4. The molecule has 2 rings (SSSR count). The van der Waals surface area contributed by atoms with E-state index >= 15 is 0 Å². The van der Waals surface area contributed by atoms with Crippen molar-refractivity contribution in [1.82, 2.24) is 5.32 Å². The lowest BCUT2D eigenvalue weighted by Crippen LogP contribution is -2.32. The highest BCUT2D eigenvalue weighted by Crippen LogP contribution is 2.25. The van der Waals surface area contributed by atoms with E-state index in [-0.39, 0.29) is 18.4 Å². The molecule has 0 fully saturated rings. The highest BCUT2D eigenvalue weighted by atomic mass is 79.9.